The van der Waals surface area contributed by atoms with Gasteiger partial charge in [0.05, 0.1) is 6.61 Å². The van der Waals surface area contributed by atoms with Gasteiger partial charge in [0.25, 0.3) is 0 Å². The zero-order chi connectivity index (χ0) is 38.5. The fourth-order valence-corrected chi connectivity index (χ4v) is 6.28. The van der Waals surface area contributed by atoms with Crippen LogP contribution in [-0.2, 0) is 43.2 Å². The number of rotatable bonds is 15. The summed E-state index contributed by atoms with van der Waals surface area (Å²) < 4.78 is 5.44. The van der Waals surface area contributed by atoms with E-state index in [4.69, 9.17) is 4.74 Å². The van der Waals surface area contributed by atoms with Crippen molar-refractivity contribution in [2.75, 3.05) is 26.7 Å². The number of likely N-dealkylation sites (N-methyl/N-ethyl adjacent to an activating group) is 1. The van der Waals surface area contributed by atoms with Crippen LogP contribution in [0.3, 0.4) is 0 Å². The number of hydrogen-bond acceptors (Lipinski definition) is 8. The number of nitrogens with one attached hydrogen (secondary N) is 3. The zero-order valence-corrected chi connectivity index (χ0v) is 30.8. The summed E-state index contributed by atoms with van der Waals surface area (Å²) in [6.45, 7) is 5.12. The number of amides is 5. The van der Waals surface area contributed by atoms with Crippen LogP contribution in [-0.4, -0.2) is 106 Å². The highest BCUT2D eigenvalue weighted by Crippen LogP contribution is 2.22. The van der Waals surface area contributed by atoms with Gasteiger partial charge >= 0.3 is 6.09 Å². The number of carbonyl (C=O) groups excluding carboxylic acids is 5. The molecule has 0 spiro atoms. The number of aromatic hydroxyl groups is 1. The Morgan fingerprint density at radius 2 is 1.40 bits per heavy atom. The maximum absolute atomic E-state index is 14.3. The molecule has 3 aromatic carbocycles. The quantitative estimate of drug-likeness (QED) is 0.159. The maximum Gasteiger partial charge on any atom is 0.408 e. The third-order valence-electron chi connectivity index (χ3n) is 8.90. The van der Waals surface area contributed by atoms with Crippen molar-refractivity contribution < 1.29 is 38.9 Å². The highest BCUT2D eigenvalue weighted by molar-refractivity contribution is 5.96. The Morgan fingerprint density at radius 1 is 0.830 bits per heavy atom. The Kier molecular flexibility index (Phi) is 14.4. The number of alkyl carbamates (subject to hydrolysis) is 1. The predicted molar refractivity (Wildman–Crippen MR) is 199 cm³/mol. The van der Waals surface area contributed by atoms with Crippen LogP contribution >= 0.6 is 0 Å². The van der Waals surface area contributed by atoms with E-state index >= 15 is 0 Å². The number of likely N-dealkylation sites (tertiary alicyclic amines) is 1. The van der Waals surface area contributed by atoms with Crippen molar-refractivity contribution in [3.8, 4) is 5.75 Å². The number of benzene rings is 3. The lowest BCUT2D eigenvalue weighted by atomic mass is 10.0. The molecule has 4 atom stereocenters. The summed E-state index contributed by atoms with van der Waals surface area (Å²) in [5.41, 5.74) is 1.45. The van der Waals surface area contributed by atoms with Gasteiger partial charge in [-0.05, 0) is 62.4 Å². The molecule has 284 valence electrons. The van der Waals surface area contributed by atoms with Crippen LogP contribution in [0.5, 0.6) is 5.75 Å². The minimum Gasteiger partial charge on any atom is -0.508 e. The van der Waals surface area contributed by atoms with Crippen molar-refractivity contribution in [3.63, 3.8) is 0 Å². The van der Waals surface area contributed by atoms with Crippen LogP contribution in [0.25, 0.3) is 0 Å². The van der Waals surface area contributed by atoms with Crippen LogP contribution in [0.4, 0.5) is 4.79 Å². The van der Waals surface area contributed by atoms with Crippen molar-refractivity contribution in [1.29, 1.82) is 0 Å². The van der Waals surface area contributed by atoms with Crippen molar-refractivity contribution in [2.24, 2.45) is 0 Å². The van der Waals surface area contributed by atoms with Gasteiger partial charge in [-0.1, -0.05) is 72.8 Å². The summed E-state index contributed by atoms with van der Waals surface area (Å²) in [5, 5.41) is 27.4. The van der Waals surface area contributed by atoms with Crippen molar-refractivity contribution in [3.05, 3.63) is 102 Å². The number of ether oxygens (including phenoxy) is 1. The van der Waals surface area contributed by atoms with E-state index in [0.29, 0.717) is 18.4 Å². The van der Waals surface area contributed by atoms with E-state index in [-0.39, 0.29) is 44.7 Å². The zero-order valence-electron chi connectivity index (χ0n) is 30.8. The van der Waals surface area contributed by atoms with Gasteiger partial charge in [-0.15, -0.1) is 0 Å². The van der Waals surface area contributed by atoms with E-state index in [1.807, 2.05) is 60.7 Å². The number of hydrogen-bond donors (Lipinski definition) is 5. The van der Waals surface area contributed by atoms with Crippen LogP contribution in [0.1, 0.15) is 50.3 Å². The third-order valence-corrected chi connectivity index (χ3v) is 8.90. The largest absolute Gasteiger partial charge is 0.508 e. The SMILES string of the molecule is CN(C(=O)[C@H](Cc1ccccc1)NC(=O)[C@@H]1CCCN1C(=O)[C@H](Cc1ccc(O)cc1)NC(=O)OC(C)(C)C)[C@@H](Cc1ccccc1)C(=O)NCCO. The molecule has 4 rings (SSSR count). The molecule has 1 heterocycles. The van der Waals surface area contributed by atoms with E-state index in [0.717, 1.165) is 11.1 Å². The third kappa shape index (κ3) is 12.1. The average molecular weight is 730 g/mol. The van der Waals surface area contributed by atoms with Gasteiger partial charge in [-0.25, -0.2) is 4.79 Å². The molecule has 1 saturated heterocycles. The summed E-state index contributed by atoms with van der Waals surface area (Å²) in [7, 11) is 1.51. The fraction of sp³-hybridized carbons (Fsp3) is 0.425. The maximum atomic E-state index is 14.3. The van der Waals surface area contributed by atoms with Gasteiger partial charge in [0.15, 0.2) is 0 Å². The summed E-state index contributed by atoms with van der Waals surface area (Å²) in [4.78, 5) is 71.6. The second kappa shape index (κ2) is 18.9. The summed E-state index contributed by atoms with van der Waals surface area (Å²) in [6.07, 6.45) is 0.451. The highest BCUT2D eigenvalue weighted by atomic mass is 16.6. The van der Waals surface area contributed by atoms with Gasteiger partial charge in [0, 0.05) is 39.4 Å². The Bertz CT molecular complexity index is 1680. The smallest absolute Gasteiger partial charge is 0.408 e. The number of phenolic OH excluding ortho intramolecular Hbond substituents is 1. The Morgan fingerprint density at radius 3 is 1.98 bits per heavy atom. The number of carbonyl (C=O) groups is 5. The van der Waals surface area contributed by atoms with E-state index in [1.54, 1.807) is 32.9 Å². The summed E-state index contributed by atoms with van der Waals surface area (Å²) in [6, 6.07) is 20.6. The minimum absolute atomic E-state index is 0.0123. The molecule has 13 heteroatoms. The highest BCUT2D eigenvalue weighted by Gasteiger charge is 2.40. The van der Waals surface area contributed by atoms with Gasteiger partial charge in [-0.2, -0.15) is 0 Å². The monoisotopic (exact) mass is 729 g/mol. The molecule has 0 bridgehead atoms. The van der Waals surface area contributed by atoms with Crippen molar-refractivity contribution in [2.45, 2.75) is 82.6 Å². The fourth-order valence-electron chi connectivity index (χ4n) is 6.28. The first kappa shape index (κ1) is 40.3. The molecule has 0 unspecified atom stereocenters. The Labute approximate surface area is 310 Å². The molecule has 1 aliphatic heterocycles. The first-order valence-electron chi connectivity index (χ1n) is 17.9. The Balaban J connectivity index is 1.58. The minimum atomic E-state index is -1.09. The number of nitrogens with zero attached hydrogens (tertiary/aromatic N) is 2. The standard InChI is InChI=1S/C40H51N5O8/c1-40(2,3)53-39(52)43-32(25-29-17-19-30(47)20-18-29)38(51)45-22-11-16-33(45)36(49)42-31(24-27-12-7-5-8-13-27)37(50)44(4)34(35(48)41-21-23-46)26-28-14-9-6-10-15-28/h5-10,12-15,17-20,31-34,46-47H,11,16,21-26H2,1-4H3,(H,41,48)(H,42,49)(H,43,52)/t31-,32-,33-,34-/m0/s1. The second-order valence-electron chi connectivity index (χ2n) is 14.2. The second-order valence-corrected chi connectivity index (χ2v) is 14.2. The molecule has 0 radical (unpaired) electrons. The molecule has 5 N–H and O–H groups in total. The number of aliphatic hydroxyl groups is 1. The molecule has 0 aliphatic carbocycles. The van der Waals surface area contributed by atoms with Crippen LogP contribution in [0.15, 0.2) is 84.9 Å². The molecule has 13 nitrogen and oxygen atoms in total. The first-order chi connectivity index (χ1) is 25.3. The Hall–Kier alpha value is -5.43. The lowest BCUT2D eigenvalue weighted by Gasteiger charge is -2.33. The van der Waals surface area contributed by atoms with E-state index in [9.17, 15) is 34.2 Å². The van der Waals surface area contributed by atoms with E-state index < -0.39 is 59.5 Å². The molecule has 5 amide bonds. The van der Waals surface area contributed by atoms with E-state index in [2.05, 4.69) is 16.0 Å². The lowest BCUT2D eigenvalue weighted by Crippen LogP contribution is -2.59. The van der Waals surface area contributed by atoms with Crippen LogP contribution in [0.2, 0.25) is 0 Å². The predicted octanol–water partition coefficient (Wildman–Crippen LogP) is 2.72. The van der Waals surface area contributed by atoms with E-state index in [1.165, 1.54) is 29.0 Å². The molecule has 1 fully saturated rings. The van der Waals surface area contributed by atoms with Crippen LogP contribution < -0.4 is 16.0 Å². The van der Waals surface area contributed by atoms with Crippen molar-refractivity contribution in [1.82, 2.24) is 25.8 Å². The molecule has 0 saturated carbocycles. The number of aliphatic hydroxyl groups excluding tert-OH is 1. The van der Waals surface area contributed by atoms with Crippen LogP contribution in [0, 0.1) is 0 Å². The van der Waals surface area contributed by atoms with Gasteiger partial charge in [0.1, 0.15) is 35.5 Å². The average Bonchev–Trinajstić information content (AvgIpc) is 3.63. The van der Waals surface area contributed by atoms with Gasteiger partial charge < -0.3 is 40.7 Å². The number of phenols is 1. The topological polar surface area (TPSA) is 178 Å². The van der Waals surface area contributed by atoms with Crippen molar-refractivity contribution >= 4 is 29.7 Å². The summed E-state index contributed by atoms with van der Waals surface area (Å²) in [5.74, 6) is -1.93. The molecule has 0 aromatic heterocycles. The molecule has 3 aromatic rings. The lowest BCUT2D eigenvalue weighted by molar-refractivity contribution is -0.144. The van der Waals surface area contributed by atoms with Gasteiger partial charge in [-0.3, -0.25) is 19.2 Å². The summed E-state index contributed by atoms with van der Waals surface area (Å²) >= 11 is 0. The van der Waals surface area contributed by atoms with Gasteiger partial charge in [0.2, 0.25) is 23.6 Å². The first-order valence-corrected chi connectivity index (χ1v) is 17.9. The molecule has 53 heavy (non-hydrogen) atoms. The molecule has 1 aliphatic rings. The normalized spacial score (nSPS) is 15.8. The molecular formula is C40H51N5O8. The molecular weight excluding hydrogens is 678 g/mol.